The largest absolute Gasteiger partial charge is 0.445 e. The van der Waals surface area contributed by atoms with Gasteiger partial charge >= 0.3 is 6.03 Å². The molecule has 1 N–H and O–H groups in total. The van der Waals surface area contributed by atoms with Crippen LogP contribution in [0, 0.1) is 6.92 Å². The number of hydrogen-bond acceptors (Lipinski definition) is 4. The Labute approximate surface area is 147 Å². The average molecular weight is 340 g/mol. The number of aromatic nitrogens is 1. The molecule has 1 aromatic carbocycles. The summed E-state index contributed by atoms with van der Waals surface area (Å²) in [5.41, 5.74) is 2.73. The van der Waals surface area contributed by atoms with Gasteiger partial charge in [0.05, 0.1) is 6.20 Å². The number of carbonyl (C=O) groups is 1. The van der Waals surface area contributed by atoms with Gasteiger partial charge in [0.2, 0.25) is 5.89 Å². The van der Waals surface area contributed by atoms with Gasteiger partial charge in [-0.2, -0.15) is 0 Å². The van der Waals surface area contributed by atoms with E-state index in [9.17, 15) is 4.79 Å². The molecule has 0 saturated carbocycles. The van der Waals surface area contributed by atoms with Gasteiger partial charge in [0.25, 0.3) is 0 Å². The molecule has 2 aliphatic heterocycles. The van der Waals surface area contributed by atoms with Crippen molar-refractivity contribution in [2.45, 2.75) is 38.8 Å². The normalized spacial score (nSPS) is 23.5. The van der Waals surface area contributed by atoms with Gasteiger partial charge in [-0.15, -0.1) is 0 Å². The van der Waals surface area contributed by atoms with Crippen molar-refractivity contribution in [3.8, 4) is 11.5 Å². The van der Waals surface area contributed by atoms with Crippen LogP contribution in [0.1, 0.15) is 25.3 Å². The van der Waals surface area contributed by atoms with Crippen LogP contribution in [-0.2, 0) is 0 Å². The third-order valence-corrected chi connectivity index (χ3v) is 5.35. The van der Waals surface area contributed by atoms with Crippen LogP contribution in [0.4, 0.5) is 10.5 Å². The highest BCUT2D eigenvalue weighted by molar-refractivity contribution is 5.90. The molecular weight excluding hydrogens is 316 g/mol. The van der Waals surface area contributed by atoms with Gasteiger partial charge in [0.1, 0.15) is 6.26 Å². The van der Waals surface area contributed by atoms with E-state index in [1.807, 2.05) is 30.0 Å². The van der Waals surface area contributed by atoms with Crippen molar-refractivity contribution in [3.63, 3.8) is 0 Å². The van der Waals surface area contributed by atoms with E-state index in [0.717, 1.165) is 29.9 Å². The summed E-state index contributed by atoms with van der Waals surface area (Å²) in [6, 6.07) is 6.55. The van der Waals surface area contributed by atoms with Crippen molar-refractivity contribution >= 4 is 11.7 Å². The summed E-state index contributed by atoms with van der Waals surface area (Å²) in [6.07, 6.45) is 5.62. The van der Waals surface area contributed by atoms with Gasteiger partial charge < -0.3 is 14.6 Å². The number of nitrogens with one attached hydrogen (secondary N) is 1. The number of carbonyl (C=O) groups excluding carboxylic acids is 1. The molecule has 0 spiro atoms. The second-order valence-corrected chi connectivity index (χ2v) is 7.09. The van der Waals surface area contributed by atoms with E-state index in [1.54, 1.807) is 12.5 Å². The highest BCUT2D eigenvalue weighted by atomic mass is 16.3. The number of urea groups is 1. The van der Waals surface area contributed by atoms with E-state index >= 15 is 0 Å². The molecule has 4 rings (SSSR count). The zero-order chi connectivity index (χ0) is 17.4. The monoisotopic (exact) mass is 340 g/mol. The van der Waals surface area contributed by atoms with Gasteiger partial charge in [0.15, 0.2) is 0 Å². The van der Waals surface area contributed by atoms with Gasteiger partial charge in [-0.05, 0) is 50.9 Å². The smallest absolute Gasteiger partial charge is 0.322 e. The Hall–Kier alpha value is -2.34. The molecule has 132 valence electrons. The lowest BCUT2D eigenvalue weighted by Crippen LogP contribution is -2.57. The maximum absolute atomic E-state index is 12.8. The van der Waals surface area contributed by atoms with Crippen molar-refractivity contribution in [2.24, 2.45) is 0 Å². The number of rotatable bonds is 2. The first-order valence-electron chi connectivity index (χ1n) is 8.94. The third-order valence-electron chi connectivity index (χ3n) is 5.35. The molecule has 2 atom stereocenters. The molecule has 0 aliphatic carbocycles. The number of nitrogens with zero attached hydrogens (tertiary/aromatic N) is 3. The maximum atomic E-state index is 12.8. The molecule has 25 heavy (non-hydrogen) atoms. The van der Waals surface area contributed by atoms with E-state index in [2.05, 4.69) is 22.1 Å². The fourth-order valence-electron chi connectivity index (χ4n) is 3.95. The van der Waals surface area contributed by atoms with Crippen LogP contribution in [0.15, 0.2) is 35.1 Å². The van der Waals surface area contributed by atoms with Crippen molar-refractivity contribution in [3.05, 3.63) is 36.2 Å². The fourth-order valence-corrected chi connectivity index (χ4v) is 3.95. The number of piperazine rings is 1. The van der Waals surface area contributed by atoms with E-state index in [-0.39, 0.29) is 12.1 Å². The topological polar surface area (TPSA) is 61.6 Å². The summed E-state index contributed by atoms with van der Waals surface area (Å²) in [5.74, 6) is 0.571. The molecule has 2 aromatic rings. The lowest BCUT2D eigenvalue weighted by atomic mass is 10.1. The summed E-state index contributed by atoms with van der Waals surface area (Å²) in [5, 5.41) is 3.05. The molecule has 1 aromatic heterocycles. The predicted molar refractivity (Wildman–Crippen MR) is 96.5 cm³/mol. The Morgan fingerprint density at radius 2 is 2.24 bits per heavy atom. The van der Waals surface area contributed by atoms with Gasteiger partial charge in [-0.1, -0.05) is 6.07 Å². The van der Waals surface area contributed by atoms with Crippen LogP contribution < -0.4 is 5.32 Å². The molecule has 3 heterocycles. The van der Waals surface area contributed by atoms with Crippen LogP contribution in [-0.4, -0.2) is 52.5 Å². The van der Waals surface area contributed by atoms with Crippen molar-refractivity contribution < 1.29 is 9.21 Å². The van der Waals surface area contributed by atoms with Crippen LogP contribution >= 0.6 is 0 Å². The second-order valence-electron chi connectivity index (χ2n) is 7.09. The first-order chi connectivity index (χ1) is 12.1. The van der Waals surface area contributed by atoms with Crippen LogP contribution in [0.25, 0.3) is 11.5 Å². The molecule has 2 fully saturated rings. The highest BCUT2D eigenvalue weighted by Gasteiger charge is 2.36. The summed E-state index contributed by atoms with van der Waals surface area (Å²) >= 11 is 0. The van der Waals surface area contributed by atoms with E-state index in [1.165, 1.54) is 19.4 Å². The number of aryl methyl sites for hydroxylation is 1. The zero-order valence-electron chi connectivity index (χ0n) is 14.7. The Kier molecular flexibility index (Phi) is 4.21. The molecule has 0 radical (unpaired) electrons. The Morgan fingerprint density at radius 3 is 3.04 bits per heavy atom. The second kappa shape index (κ2) is 6.52. The van der Waals surface area contributed by atoms with Crippen LogP contribution in [0.3, 0.4) is 0 Å². The zero-order valence-corrected chi connectivity index (χ0v) is 14.7. The number of hydrogen-bond donors (Lipinski definition) is 1. The minimum Gasteiger partial charge on any atom is -0.445 e. The Balaban J connectivity index is 1.50. The first-order valence-corrected chi connectivity index (χ1v) is 8.94. The Bertz CT molecular complexity index is 759. The van der Waals surface area contributed by atoms with Gasteiger partial charge in [-0.3, -0.25) is 4.90 Å². The van der Waals surface area contributed by atoms with Crippen molar-refractivity contribution in [1.82, 2.24) is 14.8 Å². The maximum Gasteiger partial charge on any atom is 0.322 e. The molecular formula is C19H24N4O2. The molecule has 6 nitrogen and oxygen atoms in total. The lowest BCUT2D eigenvalue weighted by Gasteiger charge is -2.42. The fraction of sp³-hybridized carbons (Fsp3) is 0.474. The molecule has 2 aliphatic rings. The molecule has 2 saturated heterocycles. The number of benzene rings is 1. The van der Waals surface area contributed by atoms with E-state index in [4.69, 9.17) is 4.42 Å². The molecule has 0 unspecified atom stereocenters. The Morgan fingerprint density at radius 1 is 1.36 bits per heavy atom. The molecule has 6 heteroatoms. The van der Waals surface area contributed by atoms with E-state index < -0.39 is 0 Å². The minimum absolute atomic E-state index is 0.0266. The molecule has 2 amide bonds. The first kappa shape index (κ1) is 16.1. The standard InChI is InChI=1S/C19H24N4O2/c1-13-5-6-15(10-17(13)18-20-7-9-25-18)21-19(24)23-12-16-4-3-8-22(16)11-14(23)2/h5-7,9-10,14,16H,3-4,8,11-12H2,1-2H3,(H,21,24)/t14-,16-/m0/s1. The molecule has 0 bridgehead atoms. The summed E-state index contributed by atoms with van der Waals surface area (Å²) in [6.45, 7) is 7.08. The predicted octanol–water partition coefficient (Wildman–Crippen LogP) is 3.35. The lowest BCUT2D eigenvalue weighted by molar-refractivity contribution is 0.0861. The average Bonchev–Trinajstić information content (AvgIpc) is 3.26. The van der Waals surface area contributed by atoms with Crippen molar-refractivity contribution in [2.75, 3.05) is 25.0 Å². The number of anilines is 1. The van der Waals surface area contributed by atoms with Crippen LogP contribution in [0.2, 0.25) is 0 Å². The minimum atomic E-state index is -0.0266. The summed E-state index contributed by atoms with van der Waals surface area (Å²) < 4.78 is 5.40. The van der Waals surface area contributed by atoms with E-state index in [0.29, 0.717) is 11.9 Å². The SMILES string of the molecule is Cc1ccc(NC(=O)N2C[C@@H]3CCCN3C[C@@H]2C)cc1-c1ncco1. The quantitative estimate of drug-likeness (QED) is 0.911. The number of fused-ring (bicyclic) bond motifs is 1. The third kappa shape index (κ3) is 3.14. The summed E-state index contributed by atoms with van der Waals surface area (Å²) in [4.78, 5) is 21.5. The number of oxazole rings is 1. The van der Waals surface area contributed by atoms with Crippen LogP contribution in [0.5, 0.6) is 0 Å². The van der Waals surface area contributed by atoms with Gasteiger partial charge in [0, 0.05) is 36.4 Å². The highest BCUT2D eigenvalue weighted by Crippen LogP contribution is 2.27. The van der Waals surface area contributed by atoms with Gasteiger partial charge in [-0.25, -0.2) is 9.78 Å². The number of amides is 2. The summed E-state index contributed by atoms with van der Waals surface area (Å²) in [7, 11) is 0. The van der Waals surface area contributed by atoms with Crippen molar-refractivity contribution in [1.29, 1.82) is 0 Å².